The Morgan fingerprint density at radius 2 is 2.00 bits per heavy atom. The number of phenolic OH excluding ortho intramolecular Hbond substituents is 1. The molecular weight excluding hydrogens is 231 g/mol. The third kappa shape index (κ3) is 2.43. The highest BCUT2D eigenvalue weighted by Crippen LogP contribution is 2.29. The van der Waals surface area contributed by atoms with Crippen molar-refractivity contribution in [2.75, 3.05) is 11.9 Å². The molecule has 0 fully saturated rings. The molecule has 0 unspecified atom stereocenters. The number of anilines is 2. The lowest BCUT2D eigenvalue weighted by Gasteiger charge is -2.22. The molecule has 3 nitrogen and oxygen atoms in total. The molecule has 0 aliphatic rings. The molecule has 0 heterocycles. The normalized spacial score (nSPS) is 10.4. The van der Waals surface area contributed by atoms with Gasteiger partial charge in [0.25, 0.3) is 0 Å². The number of halogens is 1. The minimum absolute atomic E-state index is 0.191. The van der Waals surface area contributed by atoms with Crippen LogP contribution in [0.15, 0.2) is 42.5 Å². The minimum Gasteiger partial charge on any atom is -0.508 e. The van der Waals surface area contributed by atoms with Crippen molar-refractivity contribution < 1.29 is 9.50 Å². The third-order valence-electron chi connectivity index (χ3n) is 2.84. The van der Waals surface area contributed by atoms with Gasteiger partial charge in [0, 0.05) is 31.0 Å². The largest absolute Gasteiger partial charge is 0.508 e. The van der Waals surface area contributed by atoms with Crippen molar-refractivity contribution in [2.45, 2.75) is 6.54 Å². The van der Waals surface area contributed by atoms with Crippen molar-refractivity contribution >= 4 is 11.4 Å². The fourth-order valence-corrected chi connectivity index (χ4v) is 1.89. The second-order valence-electron chi connectivity index (χ2n) is 4.06. The van der Waals surface area contributed by atoms with Crippen molar-refractivity contribution in [1.82, 2.24) is 0 Å². The highest BCUT2D eigenvalue weighted by Gasteiger charge is 2.09. The van der Waals surface area contributed by atoms with Gasteiger partial charge in [0.05, 0.1) is 0 Å². The molecule has 0 radical (unpaired) electrons. The molecule has 2 aromatic rings. The van der Waals surface area contributed by atoms with Crippen LogP contribution in [0.2, 0.25) is 0 Å². The van der Waals surface area contributed by atoms with Crippen molar-refractivity contribution in [3.05, 3.63) is 53.8 Å². The van der Waals surface area contributed by atoms with E-state index in [0.29, 0.717) is 0 Å². The molecule has 0 bridgehead atoms. The van der Waals surface area contributed by atoms with E-state index in [2.05, 4.69) is 0 Å². The average Bonchev–Trinajstić information content (AvgIpc) is 2.37. The van der Waals surface area contributed by atoms with Gasteiger partial charge >= 0.3 is 0 Å². The van der Waals surface area contributed by atoms with Gasteiger partial charge in [0.15, 0.2) is 0 Å². The van der Waals surface area contributed by atoms with Gasteiger partial charge < -0.3 is 15.7 Å². The average molecular weight is 246 g/mol. The lowest BCUT2D eigenvalue weighted by Crippen LogP contribution is -2.13. The van der Waals surface area contributed by atoms with Crippen LogP contribution in [-0.4, -0.2) is 12.2 Å². The maximum Gasteiger partial charge on any atom is 0.123 e. The van der Waals surface area contributed by atoms with Gasteiger partial charge in [-0.05, 0) is 35.9 Å². The van der Waals surface area contributed by atoms with Crippen LogP contribution < -0.4 is 10.6 Å². The first-order valence-corrected chi connectivity index (χ1v) is 5.63. The predicted octanol–water partition coefficient (Wildman–Crippen LogP) is 2.76. The monoisotopic (exact) mass is 246 g/mol. The number of nitrogens with zero attached hydrogens (tertiary/aromatic N) is 1. The van der Waals surface area contributed by atoms with E-state index >= 15 is 0 Å². The quantitative estimate of drug-likeness (QED) is 0.875. The van der Waals surface area contributed by atoms with E-state index < -0.39 is 0 Å². The molecule has 3 N–H and O–H groups in total. The summed E-state index contributed by atoms with van der Waals surface area (Å²) in [7, 11) is 1.85. The topological polar surface area (TPSA) is 49.5 Å². The first kappa shape index (κ1) is 12.4. The molecule has 0 spiro atoms. The van der Waals surface area contributed by atoms with Crippen molar-refractivity contribution in [2.24, 2.45) is 5.73 Å². The molecule has 18 heavy (non-hydrogen) atoms. The van der Waals surface area contributed by atoms with Gasteiger partial charge in [0.2, 0.25) is 0 Å². The number of rotatable bonds is 3. The zero-order valence-corrected chi connectivity index (χ0v) is 10.1. The van der Waals surface area contributed by atoms with Gasteiger partial charge in [0.1, 0.15) is 11.6 Å². The SMILES string of the molecule is CN(c1cccc(O)c1)c1ccc(F)cc1CN. The van der Waals surface area contributed by atoms with Crippen LogP contribution in [0.3, 0.4) is 0 Å². The second kappa shape index (κ2) is 5.06. The highest BCUT2D eigenvalue weighted by atomic mass is 19.1. The molecule has 0 amide bonds. The third-order valence-corrected chi connectivity index (χ3v) is 2.84. The maximum absolute atomic E-state index is 13.2. The molecular formula is C14H15FN2O. The first-order valence-electron chi connectivity index (χ1n) is 5.63. The van der Waals surface area contributed by atoms with Crippen LogP contribution in [0.5, 0.6) is 5.75 Å². The second-order valence-corrected chi connectivity index (χ2v) is 4.06. The Morgan fingerprint density at radius 3 is 2.67 bits per heavy atom. The van der Waals surface area contributed by atoms with E-state index in [1.54, 1.807) is 24.3 Å². The highest BCUT2D eigenvalue weighted by molar-refractivity contribution is 5.66. The standard InChI is InChI=1S/C14H15FN2O/c1-17(12-3-2-4-13(18)8-12)14-6-5-11(15)7-10(14)9-16/h2-8,18H,9,16H2,1H3. The van der Waals surface area contributed by atoms with Crippen LogP contribution >= 0.6 is 0 Å². The summed E-state index contributed by atoms with van der Waals surface area (Å²) in [4.78, 5) is 1.86. The zero-order valence-electron chi connectivity index (χ0n) is 10.1. The van der Waals surface area contributed by atoms with Crippen LogP contribution in [0.4, 0.5) is 15.8 Å². The van der Waals surface area contributed by atoms with Gasteiger partial charge in [-0.1, -0.05) is 6.07 Å². The minimum atomic E-state index is -0.302. The van der Waals surface area contributed by atoms with Crippen molar-refractivity contribution in [3.8, 4) is 5.75 Å². The fraction of sp³-hybridized carbons (Fsp3) is 0.143. The summed E-state index contributed by atoms with van der Waals surface area (Å²) < 4.78 is 13.2. The molecule has 0 atom stereocenters. The van der Waals surface area contributed by atoms with E-state index in [0.717, 1.165) is 16.9 Å². The zero-order chi connectivity index (χ0) is 13.1. The number of nitrogens with two attached hydrogens (primary N) is 1. The molecule has 0 aliphatic heterocycles. The van der Waals surface area contributed by atoms with Crippen LogP contribution in [0, 0.1) is 5.82 Å². The number of hydrogen-bond donors (Lipinski definition) is 2. The van der Waals surface area contributed by atoms with Crippen LogP contribution in [0.1, 0.15) is 5.56 Å². The Hall–Kier alpha value is -2.07. The van der Waals surface area contributed by atoms with E-state index in [-0.39, 0.29) is 18.1 Å². The van der Waals surface area contributed by atoms with E-state index in [1.807, 2.05) is 18.0 Å². The Bertz CT molecular complexity index is 557. The van der Waals surface area contributed by atoms with Crippen LogP contribution in [-0.2, 0) is 6.54 Å². The maximum atomic E-state index is 13.2. The summed E-state index contributed by atoms with van der Waals surface area (Å²) in [6, 6.07) is 11.4. The van der Waals surface area contributed by atoms with Gasteiger partial charge in [-0.2, -0.15) is 0 Å². The molecule has 0 saturated heterocycles. The molecule has 94 valence electrons. The van der Waals surface area contributed by atoms with Gasteiger partial charge in [-0.25, -0.2) is 4.39 Å². The summed E-state index contributed by atoms with van der Waals surface area (Å²) in [5, 5.41) is 9.47. The van der Waals surface area contributed by atoms with Crippen LogP contribution in [0.25, 0.3) is 0 Å². The predicted molar refractivity (Wildman–Crippen MR) is 70.5 cm³/mol. The Kier molecular flexibility index (Phi) is 3.48. The molecule has 0 saturated carbocycles. The molecule has 2 rings (SSSR count). The molecule has 4 heteroatoms. The van der Waals surface area contributed by atoms with Gasteiger partial charge in [-0.3, -0.25) is 0 Å². The number of hydrogen-bond acceptors (Lipinski definition) is 3. The van der Waals surface area contributed by atoms with E-state index in [1.165, 1.54) is 12.1 Å². The molecule has 0 aliphatic carbocycles. The van der Waals surface area contributed by atoms with Crippen molar-refractivity contribution in [1.29, 1.82) is 0 Å². The molecule has 0 aromatic heterocycles. The smallest absolute Gasteiger partial charge is 0.123 e. The van der Waals surface area contributed by atoms with E-state index in [9.17, 15) is 9.50 Å². The Balaban J connectivity index is 2.42. The summed E-state index contributed by atoms with van der Waals surface area (Å²) >= 11 is 0. The molecule has 2 aromatic carbocycles. The number of benzene rings is 2. The van der Waals surface area contributed by atoms with Gasteiger partial charge in [-0.15, -0.1) is 0 Å². The Morgan fingerprint density at radius 1 is 1.22 bits per heavy atom. The van der Waals surface area contributed by atoms with Crippen molar-refractivity contribution in [3.63, 3.8) is 0 Å². The first-order chi connectivity index (χ1) is 8.61. The lowest BCUT2D eigenvalue weighted by molar-refractivity contribution is 0.475. The Labute approximate surface area is 105 Å². The fourth-order valence-electron chi connectivity index (χ4n) is 1.89. The lowest BCUT2D eigenvalue weighted by atomic mass is 10.1. The summed E-state index contributed by atoms with van der Waals surface area (Å²) in [5.74, 6) is -0.112. The summed E-state index contributed by atoms with van der Waals surface area (Å²) in [5.41, 5.74) is 7.99. The summed E-state index contributed by atoms with van der Waals surface area (Å²) in [6.07, 6.45) is 0. The number of aromatic hydroxyl groups is 1. The summed E-state index contributed by atoms with van der Waals surface area (Å²) in [6.45, 7) is 0.260. The van der Waals surface area contributed by atoms with E-state index in [4.69, 9.17) is 5.73 Å². The number of phenols is 1.